The van der Waals surface area contributed by atoms with Crippen molar-refractivity contribution < 1.29 is 9.90 Å². The number of hydrazine groups is 1. The van der Waals surface area contributed by atoms with Gasteiger partial charge in [0, 0.05) is 7.05 Å². The van der Waals surface area contributed by atoms with E-state index in [1.54, 1.807) is 19.0 Å². The van der Waals surface area contributed by atoms with Crippen molar-refractivity contribution in [2.45, 2.75) is 19.4 Å². The van der Waals surface area contributed by atoms with Gasteiger partial charge < -0.3 is 5.11 Å². The molecule has 1 aliphatic rings. The third kappa shape index (κ3) is 1.65. The Labute approximate surface area is 95.1 Å². The van der Waals surface area contributed by atoms with E-state index in [4.69, 9.17) is 0 Å². The molecule has 86 valence electrons. The average Bonchev–Trinajstić information content (AvgIpc) is 2.44. The Kier molecular flexibility index (Phi) is 2.39. The smallest absolute Gasteiger partial charge is 0.274 e. The van der Waals surface area contributed by atoms with Crippen LogP contribution in [0.5, 0.6) is 0 Å². The molecule has 1 unspecified atom stereocenters. The number of hydrogen-bond donors (Lipinski definition) is 1. The van der Waals surface area contributed by atoms with Gasteiger partial charge in [0.25, 0.3) is 5.91 Å². The number of hydrogen-bond acceptors (Lipinski definition) is 3. The summed E-state index contributed by atoms with van der Waals surface area (Å²) in [5.74, 6) is -0.270. The molecule has 0 aromatic heterocycles. The predicted molar refractivity (Wildman–Crippen MR) is 61.9 cm³/mol. The molecule has 1 N–H and O–H groups in total. The number of carbonyl (C=O) groups is 1. The van der Waals surface area contributed by atoms with Gasteiger partial charge in [-0.05, 0) is 26.0 Å². The Morgan fingerprint density at radius 3 is 2.31 bits per heavy atom. The Hall–Kier alpha value is -1.55. The second kappa shape index (κ2) is 3.49. The van der Waals surface area contributed by atoms with Crippen LogP contribution < -0.4 is 5.01 Å². The number of aryl methyl sites for hydroxylation is 1. The van der Waals surface area contributed by atoms with Crippen LogP contribution in [0.25, 0.3) is 0 Å². The lowest BCUT2D eigenvalue weighted by Gasteiger charge is -2.25. The van der Waals surface area contributed by atoms with Gasteiger partial charge in [0.05, 0.1) is 12.2 Å². The molecule has 1 fully saturated rings. The summed E-state index contributed by atoms with van der Waals surface area (Å²) in [5, 5.41) is 13.1. The standard InChI is InChI=1S/C12H16N2O2/c1-9-4-6-10(7-5-9)14-8-12(2,16)11(15)13(14)3/h4-7,16H,8H2,1-3H3. The minimum Gasteiger partial charge on any atom is -0.378 e. The van der Waals surface area contributed by atoms with Gasteiger partial charge in [-0.15, -0.1) is 0 Å². The van der Waals surface area contributed by atoms with Crippen LogP contribution in [0.3, 0.4) is 0 Å². The van der Waals surface area contributed by atoms with Crippen molar-refractivity contribution in [3.63, 3.8) is 0 Å². The lowest BCUT2D eigenvalue weighted by atomic mass is 10.1. The second-order valence-corrected chi connectivity index (χ2v) is 4.50. The Balaban J connectivity index is 2.30. The van der Waals surface area contributed by atoms with Crippen molar-refractivity contribution >= 4 is 11.6 Å². The van der Waals surface area contributed by atoms with E-state index in [1.165, 1.54) is 10.6 Å². The van der Waals surface area contributed by atoms with Gasteiger partial charge in [0.1, 0.15) is 0 Å². The highest BCUT2D eigenvalue weighted by Gasteiger charge is 2.44. The molecule has 2 rings (SSSR count). The summed E-state index contributed by atoms with van der Waals surface area (Å²) in [7, 11) is 1.67. The first-order valence-corrected chi connectivity index (χ1v) is 5.26. The molecule has 1 heterocycles. The van der Waals surface area contributed by atoms with E-state index in [0.29, 0.717) is 6.54 Å². The summed E-state index contributed by atoms with van der Waals surface area (Å²) in [6.07, 6.45) is 0. The first-order chi connectivity index (χ1) is 7.42. The van der Waals surface area contributed by atoms with Crippen molar-refractivity contribution in [1.82, 2.24) is 5.01 Å². The molecule has 1 aromatic rings. The fourth-order valence-corrected chi connectivity index (χ4v) is 1.90. The van der Waals surface area contributed by atoms with Gasteiger partial charge in [-0.25, -0.2) is 0 Å². The molecule has 0 radical (unpaired) electrons. The average molecular weight is 220 g/mol. The molecule has 0 bridgehead atoms. The minimum absolute atomic E-state index is 0.270. The van der Waals surface area contributed by atoms with E-state index in [-0.39, 0.29) is 5.91 Å². The van der Waals surface area contributed by atoms with Crippen LogP contribution in [0.15, 0.2) is 24.3 Å². The van der Waals surface area contributed by atoms with E-state index >= 15 is 0 Å². The molecule has 0 saturated carbocycles. The van der Waals surface area contributed by atoms with E-state index in [2.05, 4.69) is 0 Å². The minimum atomic E-state index is -1.29. The number of benzene rings is 1. The van der Waals surface area contributed by atoms with Gasteiger partial charge in [-0.2, -0.15) is 0 Å². The molecule has 1 amide bonds. The first-order valence-electron chi connectivity index (χ1n) is 5.26. The quantitative estimate of drug-likeness (QED) is 0.766. The van der Waals surface area contributed by atoms with Crippen LogP contribution in [-0.4, -0.2) is 35.2 Å². The van der Waals surface area contributed by atoms with Gasteiger partial charge >= 0.3 is 0 Å². The predicted octanol–water partition coefficient (Wildman–Crippen LogP) is 0.939. The normalized spacial score (nSPS) is 25.4. The maximum Gasteiger partial charge on any atom is 0.274 e. The van der Waals surface area contributed by atoms with Gasteiger partial charge in [0.2, 0.25) is 0 Å². The summed E-state index contributed by atoms with van der Waals surface area (Å²) in [6.45, 7) is 3.85. The van der Waals surface area contributed by atoms with Crippen molar-refractivity contribution in [2.24, 2.45) is 0 Å². The van der Waals surface area contributed by atoms with Gasteiger partial charge in [-0.1, -0.05) is 17.7 Å². The highest BCUT2D eigenvalue weighted by atomic mass is 16.3. The molecule has 0 spiro atoms. The summed E-state index contributed by atoms with van der Waals surface area (Å²) in [4.78, 5) is 11.7. The number of aliphatic hydroxyl groups is 1. The monoisotopic (exact) mass is 220 g/mol. The van der Waals surface area contributed by atoms with Crippen LogP contribution in [0, 0.1) is 6.92 Å². The maximum absolute atomic E-state index is 11.7. The molecular formula is C12H16N2O2. The molecule has 1 atom stereocenters. The zero-order valence-corrected chi connectivity index (χ0v) is 9.77. The lowest BCUT2D eigenvalue weighted by Crippen LogP contribution is -2.37. The maximum atomic E-state index is 11.7. The molecule has 1 aliphatic heterocycles. The first kappa shape index (κ1) is 11.0. The second-order valence-electron chi connectivity index (χ2n) is 4.50. The van der Waals surface area contributed by atoms with E-state index in [0.717, 1.165) is 5.69 Å². The number of β-amino-alcohol motifs (C(OH)–C–C–N with tert-alkyl or cyclic N) is 1. The van der Waals surface area contributed by atoms with Crippen molar-refractivity contribution in [3.8, 4) is 0 Å². The SMILES string of the molecule is Cc1ccc(N2CC(C)(O)C(=O)N2C)cc1. The van der Waals surface area contributed by atoms with Crippen molar-refractivity contribution in [3.05, 3.63) is 29.8 Å². The number of amides is 1. The molecule has 4 heteroatoms. The number of anilines is 1. The summed E-state index contributed by atoms with van der Waals surface area (Å²) >= 11 is 0. The van der Waals surface area contributed by atoms with Gasteiger partial charge in [-0.3, -0.25) is 14.8 Å². The third-order valence-corrected chi connectivity index (χ3v) is 2.91. The third-order valence-electron chi connectivity index (χ3n) is 2.91. The van der Waals surface area contributed by atoms with Crippen molar-refractivity contribution in [1.29, 1.82) is 0 Å². The Bertz CT molecular complexity index is 412. The highest BCUT2D eigenvalue weighted by Crippen LogP contribution is 2.26. The Morgan fingerprint density at radius 1 is 1.31 bits per heavy atom. The zero-order valence-electron chi connectivity index (χ0n) is 9.77. The highest BCUT2D eigenvalue weighted by molar-refractivity contribution is 5.89. The molecule has 4 nitrogen and oxygen atoms in total. The Morgan fingerprint density at radius 2 is 1.88 bits per heavy atom. The van der Waals surface area contributed by atoms with E-state index in [9.17, 15) is 9.90 Å². The number of nitrogens with zero attached hydrogens (tertiary/aromatic N) is 2. The van der Waals surface area contributed by atoms with Crippen LogP contribution in [0.2, 0.25) is 0 Å². The zero-order chi connectivity index (χ0) is 11.9. The number of likely N-dealkylation sites (N-methyl/N-ethyl adjacent to an activating group) is 1. The fourth-order valence-electron chi connectivity index (χ4n) is 1.90. The summed E-state index contributed by atoms with van der Waals surface area (Å²) in [5.41, 5.74) is 0.794. The van der Waals surface area contributed by atoms with Crippen molar-refractivity contribution in [2.75, 3.05) is 18.6 Å². The topological polar surface area (TPSA) is 43.8 Å². The van der Waals surface area contributed by atoms with Crippen LogP contribution in [0.4, 0.5) is 5.69 Å². The van der Waals surface area contributed by atoms with Crippen LogP contribution in [-0.2, 0) is 4.79 Å². The van der Waals surface area contributed by atoms with Crippen LogP contribution >= 0.6 is 0 Å². The fraction of sp³-hybridized carbons (Fsp3) is 0.417. The van der Waals surface area contributed by atoms with Crippen LogP contribution in [0.1, 0.15) is 12.5 Å². The molecule has 1 saturated heterocycles. The number of rotatable bonds is 1. The lowest BCUT2D eigenvalue weighted by molar-refractivity contribution is -0.140. The largest absolute Gasteiger partial charge is 0.378 e. The van der Waals surface area contributed by atoms with E-state index < -0.39 is 5.60 Å². The summed E-state index contributed by atoms with van der Waals surface area (Å²) in [6, 6.07) is 7.86. The molecule has 0 aliphatic carbocycles. The summed E-state index contributed by atoms with van der Waals surface area (Å²) < 4.78 is 0. The van der Waals surface area contributed by atoms with E-state index in [1.807, 2.05) is 31.2 Å². The van der Waals surface area contributed by atoms with Gasteiger partial charge in [0.15, 0.2) is 5.60 Å². The molecular weight excluding hydrogens is 204 g/mol. The molecule has 1 aromatic carbocycles. The number of carbonyl (C=O) groups excluding carboxylic acids is 1. The molecule has 16 heavy (non-hydrogen) atoms.